The molecular weight excluding hydrogens is 312 g/mol. The van der Waals surface area contributed by atoms with Gasteiger partial charge in [-0.1, -0.05) is 12.1 Å². The van der Waals surface area contributed by atoms with Crippen LogP contribution in [0, 0.1) is 11.6 Å². The topological polar surface area (TPSA) is 49.0 Å². The highest BCUT2D eigenvalue weighted by atomic mass is 19.2. The molecule has 2 heterocycles. The lowest BCUT2D eigenvalue weighted by atomic mass is 10.1. The number of carbonyl (C=O) groups is 1. The minimum atomic E-state index is -1.01. The number of nitrogens with one attached hydrogen (secondary N) is 1. The maximum atomic E-state index is 13.4. The molecule has 1 fully saturated rings. The lowest BCUT2D eigenvalue weighted by molar-refractivity contribution is 0.0730. The van der Waals surface area contributed by atoms with Crippen LogP contribution in [0.3, 0.4) is 0 Å². The number of hydrogen-bond acceptors (Lipinski definition) is 2. The second kappa shape index (κ2) is 5.70. The molecule has 0 unspecified atom stereocenters. The molecule has 0 radical (unpaired) electrons. The Kier molecular flexibility index (Phi) is 3.52. The molecule has 1 N–H and O–H groups in total. The van der Waals surface area contributed by atoms with Crippen molar-refractivity contribution in [3.05, 3.63) is 65.5 Å². The molecule has 2 aromatic carbocycles. The van der Waals surface area contributed by atoms with Gasteiger partial charge in [-0.05, 0) is 43.2 Å². The number of aromatic amines is 1. The molecule has 24 heavy (non-hydrogen) atoms. The lowest BCUT2D eigenvalue weighted by Gasteiger charge is -2.23. The van der Waals surface area contributed by atoms with E-state index in [4.69, 9.17) is 0 Å². The summed E-state index contributed by atoms with van der Waals surface area (Å²) < 4.78 is 26.5. The number of halogens is 2. The molecule has 1 saturated heterocycles. The van der Waals surface area contributed by atoms with Crippen molar-refractivity contribution in [2.75, 3.05) is 6.54 Å². The standard InChI is InChI=1S/C18H15F2N3O/c19-12-8-7-11(10-13(12)20)18(24)23-9-3-6-16(23)17-21-14-4-1-2-5-15(14)22-17/h1-2,4-5,7-8,10,16H,3,6,9H2,(H,21,22)/t16-/m0/s1. The molecular formula is C18H15F2N3O. The van der Waals surface area contributed by atoms with E-state index in [9.17, 15) is 13.6 Å². The first kappa shape index (κ1) is 14.8. The highest BCUT2D eigenvalue weighted by Crippen LogP contribution is 2.32. The molecule has 4 rings (SSSR count). The summed E-state index contributed by atoms with van der Waals surface area (Å²) >= 11 is 0. The van der Waals surface area contributed by atoms with Crippen molar-refractivity contribution in [2.24, 2.45) is 0 Å². The summed E-state index contributed by atoms with van der Waals surface area (Å²) in [6, 6.07) is 10.7. The van der Waals surface area contributed by atoms with Crippen molar-refractivity contribution in [3.63, 3.8) is 0 Å². The van der Waals surface area contributed by atoms with Crippen molar-refractivity contribution in [3.8, 4) is 0 Å². The van der Waals surface area contributed by atoms with Crippen LogP contribution in [0.15, 0.2) is 42.5 Å². The summed E-state index contributed by atoms with van der Waals surface area (Å²) in [5.74, 6) is -1.55. The van der Waals surface area contributed by atoms with E-state index in [-0.39, 0.29) is 17.5 Å². The Bertz CT molecular complexity index is 889. The Morgan fingerprint density at radius 3 is 2.79 bits per heavy atom. The maximum Gasteiger partial charge on any atom is 0.254 e. The first-order valence-electron chi connectivity index (χ1n) is 7.84. The maximum absolute atomic E-state index is 13.4. The zero-order valence-electron chi connectivity index (χ0n) is 12.8. The molecule has 6 heteroatoms. The van der Waals surface area contributed by atoms with Gasteiger partial charge in [0.1, 0.15) is 5.82 Å². The minimum absolute atomic E-state index is 0.150. The number of aromatic nitrogens is 2. The molecule has 1 aliphatic heterocycles. The number of carbonyl (C=O) groups excluding carboxylic acids is 1. The predicted molar refractivity (Wildman–Crippen MR) is 85.5 cm³/mol. The number of amides is 1. The Morgan fingerprint density at radius 1 is 1.17 bits per heavy atom. The van der Waals surface area contributed by atoms with E-state index < -0.39 is 11.6 Å². The van der Waals surface area contributed by atoms with Gasteiger partial charge in [-0.25, -0.2) is 13.8 Å². The quantitative estimate of drug-likeness (QED) is 0.778. The summed E-state index contributed by atoms with van der Waals surface area (Å²) in [5.41, 5.74) is 1.91. The smallest absolute Gasteiger partial charge is 0.254 e. The Morgan fingerprint density at radius 2 is 2.00 bits per heavy atom. The van der Waals surface area contributed by atoms with Gasteiger partial charge in [0.2, 0.25) is 0 Å². The molecule has 1 aliphatic rings. The van der Waals surface area contributed by atoms with E-state index in [0.29, 0.717) is 6.54 Å². The summed E-state index contributed by atoms with van der Waals surface area (Å²) in [5, 5.41) is 0. The van der Waals surface area contributed by atoms with Crippen LogP contribution in [0.4, 0.5) is 8.78 Å². The second-order valence-electron chi connectivity index (χ2n) is 5.92. The summed E-state index contributed by atoms with van der Waals surface area (Å²) in [6.45, 7) is 0.569. The minimum Gasteiger partial charge on any atom is -0.340 e. The number of hydrogen-bond donors (Lipinski definition) is 1. The second-order valence-corrected chi connectivity index (χ2v) is 5.92. The van der Waals surface area contributed by atoms with Crippen LogP contribution in [0.1, 0.15) is 35.1 Å². The molecule has 0 saturated carbocycles. The SMILES string of the molecule is O=C(c1ccc(F)c(F)c1)N1CCC[C@H]1c1nc2ccccc2[nH]1. The number of benzene rings is 2. The van der Waals surface area contributed by atoms with Crippen molar-refractivity contribution < 1.29 is 13.6 Å². The van der Waals surface area contributed by atoms with Gasteiger partial charge in [0.25, 0.3) is 5.91 Å². The third kappa shape index (κ3) is 2.44. The van der Waals surface area contributed by atoms with Crippen LogP contribution in [-0.4, -0.2) is 27.3 Å². The first-order chi connectivity index (χ1) is 11.6. The van der Waals surface area contributed by atoms with Gasteiger partial charge in [0.15, 0.2) is 11.6 Å². The molecule has 0 spiro atoms. The molecule has 0 bridgehead atoms. The van der Waals surface area contributed by atoms with E-state index in [1.807, 2.05) is 24.3 Å². The number of rotatable bonds is 2. The van der Waals surface area contributed by atoms with Crippen molar-refractivity contribution >= 4 is 16.9 Å². The normalized spacial score (nSPS) is 17.6. The van der Waals surface area contributed by atoms with Crippen LogP contribution >= 0.6 is 0 Å². The molecule has 1 atom stereocenters. The lowest BCUT2D eigenvalue weighted by Crippen LogP contribution is -2.31. The third-order valence-corrected chi connectivity index (χ3v) is 4.40. The first-order valence-corrected chi connectivity index (χ1v) is 7.84. The number of H-pyrrole nitrogens is 1. The van der Waals surface area contributed by atoms with Gasteiger partial charge in [-0.2, -0.15) is 0 Å². The van der Waals surface area contributed by atoms with Gasteiger partial charge in [0, 0.05) is 12.1 Å². The van der Waals surface area contributed by atoms with Gasteiger partial charge in [0.05, 0.1) is 17.1 Å². The van der Waals surface area contributed by atoms with Gasteiger partial charge >= 0.3 is 0 Å². The summed E-state index contributed by atoms with van der Waals surface area (Å²) in [7, 11) is 0. The molecule has 4 nitrogen and oxygen atoms in total. The average Bonchev–Trinajstić information content (AvgIpc) is 3.22. The van der Waals surface area contributed by atoms with E-state index in [0.717, 1.165) is 41.8 Å². The van der Waals surface area contributed by atoms with Crippen LogP contribution in [0.5, 0.6) is 0 Å². The fraction of sp³-hybridized carbons (Fsp3) is 0.222. The van der Waals surface area contributed by atoms with Crippen LogP contribution in [0.25, 0.3) is 11.0 Å². The molecule has 1 aromatic heterocycles. The third-order valence-electron chi connectivity index (χ3n) is 4.40. The number of para-hydroxylation sites is 2. The molecule has 3 aromatic rings. The zero-order chi connectivity index (χ0) is 16.7. The van der Waals surface area contributed by atoms with E-state index in [2.05, 4.69) is 9.97 Å². The highest BCUT2D eigenvalue weighted by Gasteiger charge is 2.32. The zero-order valence-corrected chi connectivity index (χ0v) is 12.8. The Labute approximate surface area is 137 Å². The van der Waals surface area contributed by atoms with Gasteiger partial charge in [-0.15, -0.1) is 0 Å². The summed E-state index contributed by atoms with van der Waals surface area (Å²) in [6.07, 6.45) is 1.63. The number of imidazole rings is 1. The number of fused-ring (bicyclic) bond motifs is 1. The Hall–Kier alpha value is -2.76. The number of nitrogens with zero attached hydrogens (tertiary/aromatic N) is 2. The van der Waals surface area contributed by atoms with E-state index in [1.165, 1.54) is 6.07 Å². The van der Waals surface area contributed by atoms with Crippen molar-refractivity contribution in [2.45, 2.75) is 18.9 Å². The van der Waals surface area contributed by atoms with Gasteiger partial charge in [-0.3, -0.25) is 4.79 Å². The van der Waals surface area contributed by atoms with Crippen molar-refractivity contribution in [1.29, 1.82) is 0 Å². The Balaban J connectivity index is 1.66. The highest BCUT2D eigenvalue weighted by molar-refractivity contribution is 5.94. The molecule has 0 aliphatic carbocycles. The molecule has 122 valence electrons. The fourth-order valence-corrected chi connectivity index (χ4v) is 3.22. The van der Waals surface area contributed by atoms with Crippen LogP contribution in [-0.2, 0) is 0 Å². The van der Waals surface area contributed by atoms with Crippen LogP contribution < -0.4 is 0 Å². The fourth-order valence-electron chi connectivity index (χ4n) is 3.22. The van der Waals surface area contributed by atoms with E-state index in [1.54, 1.807) is 4.90 Å². The van der Waals surface area contributed by atoms with Crippen LogP contribution in [0.2, 0.25) is 0 Å². The summed E-state index contributed by atoms with van der Waals surface area (Å²) in [4.78, 5) is 22.2. The molecule has 1 amide bonds. The number of likely N-dealkylation sites (tertiary alicyclic amines) is 1. The van der Waals surface area contributed by atoms with Gasteiger partial charge < -0.3 is 9.88 Å². The monoisotopic (exact) mass is 327 g/mol. The predicted octanol–water partition coefficient (Wildman–Crippen LogP) is 3.82. The van der Waals surface area contributed by atoms with E-state index >= 15 is 0 Å². The largest absolute Gasteiger partial charge is 0.340 e. The van der Waals surface area contributed by atoms with Crippen molar-refractivity contribution in [1.82, 2.24) is 14.9 Å². The average molecular weight is 327 g/mol.